The van der Waals surface area contributed by atoms with E-state index in [2.05, 4.69) is 27.1 Å². The number of hydrogen-bond acceptors (Lipinski definition) is 5. The average molecular weight is 418 g/mol. The van der Waals surface area contributed by atoms with Crippen molar-refractivity contribution in [3.05, 3.63) is 41.3 Å². The van der Waals surface area contributed by atoms with Gasteiger partial charge in [-0.05, 0) is 18.9 Å². The summed E-state index contributed by atoms with van der Waals surface area (Å²) in [5.41, 5.74) is -0.981. The highest BCUT2D eigenvalue weighted by atomic mass is 35.5. The average Bonchev–Trinajstić information content (AvgIpc) is 3.36. The van der Waals surface area contributed by atoms with E-state index in [4.69, 9.17) is 11.6 Å². The third kappa shape index (κ3) is 4.81. The minimum absolute atomic E-state index is 0.0149. The fourth-order valence-electron chi connectivity index (χ4n) is 2.33. The maximum Gasteiger partial charge on any atom is 0.417 e. The summed E-state index contributed by atoms with van der Waals surface area (Å²) in [6.07, 6.45) is -0.0664. The largest absolute Gasteiger partial charge is 0.417 e. The summed E-state index contributed by atoms with van der Waals surface area (Å²) in [6.45, 7) is 4.25. The van der Waals surface area contributed by atoms with Gasteiger partial charge in [-0.1, -0.05) is 29.4 Å². The molecule has 2 aromatic rings. The first kappa shape index (κ1) is 19.7. The molecule has 144 valence electrons. The van der Waals surface area contributed by atoms with Crippen molar-refractivity contribution in [3.63, 3.8) is 0 Å². The Morgan fingerprint density at radius 1 is 1.44 bits per heavy atom. The second kappa shape index (κ2) is 7.89. The lowest BCUT2D eigenvalue weighted by molar-refractivity contribution is -0.137. The van der Waals surface area contributed by atoms with Gasteiger partial charge in [-0.25, -0.2) is 4.98 Å². The van der Waals surface area contributed by atoms with Gasteiger partial charge in [-0.15, -0.1) is 16.8 Å². The van der Waals surface area contributed by atoms with E-state index in [1.807, 2.05) is 4.57 Å². The Hall–Kier alpha value is -2.07. The zero-order valence-corrected chi connectivity index (χ0v) is 15.5. The van der Waals surface area contributed by atoms with Crippen molar-refractivity contribution in [2.24, 2.45) is 0 Å². The summed E-state index contributed by atoms with van der Waals surface area (Å²) in [7, 11) is 0. The number of amides is 1. The summed E-state index contributed by atoms with van der Waals surface area (Å²) in [5, 5.41) is 11.0. The van der Waals surface area contributed by atoms with Gasteiger partial charge < -0.3 is 9.88 Å². The third-order valence-corrected chi connectivity index (χ3v) is 5.01. The molecular formula is C16H15ClF3N5OS. The molecule has 0 saturated heterocycles. The molecule has 0 atom stereocenters. The lowest BCUT2D eigenvalue weighted by atomic mass is 10.3. The monoisotopic (exact) mass is 417 g/mol. The summed E-state index contributed by atoms with van der Waals surface area (Å²) >= 11 is 6.96. The second-order valence-electron chi connectivity index (χ2n) is 5.90. The standard InChI is InChI=1S/C16H15ClF3N5OS/c1-2-5-25-14(9-3-4-9)23-24-15(25)27-8-12(26)22-13-11(17)6-10(7-21-13)16(18,19)20/h2,6-7,9H,1,3-5,8H2,(H,21,22,26). The van der Waals surface area contributed by atoms with E-state index in [1.165, 1.54) is 11.8 Å². The predicted octanol–water partition coefficient (Wildman–Crippen LogP) is 4.14. The van der Waals surface area contributed by atoms with Crippen LogP contribution >= 0.6 is 23.4 Å². The van der Waals surface area contributed by atoms with Crippen LogP contribution < -0.4 is 5.32 Å². The number of halogens is 4. The smallest absolute Gasteiger partial charge is 0.309 e. The molecule has 1 amide bonds. The minimum Gasteiger partial charge on any atom is -0.309 e. The molecule has 27 heavy (non-hydrogen) atoms. The Kier molecular flexibility index (Phi) is 5.75. The molecule has 0 spiro atoms. The van der Waals surface area contributed by atoms with Crippen LogP contribution in [0.5, 0.6) is 0 Å². The van der Waals surface area contributed by atoms with E-state index < -0.39 is 17.6 Å². The van der Waals surface area contributed by atoms with Gasteiger partial charge in [0.2, 0.25) is 5.91 Å². The Morgan fingerprint density at radius 2 is 2.19 bits per heavy atom. The van der Waals surface area contributed by atoms with Crippen LogP contribution in [0.1, 0.15) is 30.1 Å². The number of allylic oxidation sites excluding steroid dienone is 1. The third-order valence-electron chi connectivity index (χ3n) is 3.76. The highest BCUT2D eigenvalue weighted by molar-refractivity contribution is 7.99. The number of nitrogens with one attached hydrogen (secondary N) is 1. The van der Waals surface area contributed by atoms with Crippen LogP contribution in [0.2, 0.25) is 5.02 Å². The van der Waals surface area contributed by atoms with Gasteiger partial charge in [0.1, 0.15) is 5.82 Å². The van der Waals surface area contributed by atoms with Crippen molar-refractivity contribution in [3.8, 4) is 0 Å². The van der Waals surface area contributed by atoms with Crippen molar-refractivity contribution in [2.75, 3.05) is 11.1 Å². The van der Waals surface area contributed by atoms with Gasteiger partial charge >= 0.3 is 6.18 Å². The number of nitrogens with zero attached hydrogens (tertiary/aromatic N) is 4. The Morgan fingerprint density at radius 3 is 2.78 bits per heavy atom. The summed E-state index contributed by atoms with van der Waals surface area (Å²) in [6, 6.07) is 0.722. The number of hydrogen-bond donors (Lipinski definition) is 1. The fraction of sp³-hybridized carbons (Fsp3) is 0.375. The van der Waals surface area contributed by atoms with Crippen LogP contribution in [-0.4, -0.2) is 31.4 Å². The molecular weight excluding hydrogens is 403 g/mol. The van der Waals surface area contributed by atoms with E-state index in [1.54, 1.807) is 6.08 Å². The van der Waals surface area contributed by atoms with Crippen LogP contribution in [0.25, 0.3) is 0 Å². The Balaban J connectivity index is 1.63. The van der Waals surface area contributed by atoms with Crippen LogP contribution in [0.15, 0.2) is 30.1 Å². The predicted molar refractivity (Wildman–Crippen MR) is 95.8 cm³/mol. The van der Waals surface area contributed by atoms with Gasteiger partial charge in [0.05, 0.1) is 16.3 Å². The molecule has 0 bridgehead atoms. The van der Waals surface area contributed by atoms with E-state index in [9.17, 15) is 18.0 Å². The van der Waals surface area contributed by atoms with Gasteiger partial charge in [-0.2, -0.15) is 13.2 Å². The molecule has 0 radical (unpaired) electrons. The number of anilines is 1. The fourth-order valence-corrected chi connectivity index (χ4v) is 3.30. The highest BCUT2D eigenvalue weighted by Crippen LogP contribution is 2.40. The molecule has 11 heteroatoms. The number of aromatic nitrogens is 4. The minimum atomic E-state index is -4.55. The number of thioether (sulfide) groups is 1. The van der Waals surface area contributed by atoms with Crippen LogP contribution in [0, 0.1) is 0 Å². The number of alkyl halides is 3. The molecule has 1 aliphatic carbocycles. The Labute approximate surface area is 162 Å². The summed E-state index contributed by atoms with van der Waals surface area (Å²) in [5.74, 6) is 0.678. The maximum atomic E-state index is 12.6. The van der Waals surface area contributed by atoms with Gasteiger partial charge in [0.25, 0.3) is 0 Å². The van der Waals surface area contributed by atoms with Crippen LogP contribution in [-0.2, 0) is 17.5 Å². The molecule has 3 rings (SSSR count). The van der Waals surface area contributed by atoms with Crippen molar-refractivity contribution in [1.29, 1.82) is 0 Å². The maximum absolute atomic E-state index is 12.6. The molecule has 0 unspecified atom stereocenters. The van der Waals surface area contributed by atoms with Crippen LogP contribution in [0.3, 0.4) is 0 Å². The van der Waals surface area contributed by atoms with Gasteiger partial charge in [-0.3, -0.25) is 4.79 Å². The zero-order valence-electron chi connectivity index (χ0n) is 14.0. The quantitative estimate of drug-likeness (QED) is 0.541. The van der Waals surface area contributed by atoms with Crippen LogP contribution in [0.4, 0.5) is 19.0 Å². The lowest BCUT2D eigenvalue weighted by Gasteiger charge is -2.10. The second-order valence-corrected chi connectivity index (χ2v) is 7.25. The van der Waals surface area contributed by atoms with E-state index in [0.29, 0.717) is 23.8 Å². The summed E-state index contributed by atoms with van der Waals surface area (Å²) < 4.78 is 39.8. The zero-order chi connectivity index (χ0) is 19.6. The number of pyridine rings is 1. The number of carbonyl (C=O) groups is 1. The van der Waals surface area contributed by atoms with Crippen molar-refractivity contribution in [1.82, 2.24) is 19.7 Å². The molecule has 0 aromatic carbocycles. The lowest BCUT2D eigenvalue weighted by Crippen LogP contribution is -2.16. The first-order chi connectivity index (χ1) is 12.8. The number of carbonyl (C=O) groups excluding carboxylic acids is 1. The molecule has 1 fully saturated rings. The number of rotatable bonds is 7. The molecule has 1 saturated carbocycles. The topological polar surface area (TPSA) is 72.7 Å². The normalized spacial score (nSPS) is 14.2. The van der Waals surface area contributed by atoms with E-state index >= 15 is 0 Å². The molecule has 6 nitrogen and oxygen atoms in total. The molecule has 1 N–H and O–H groups in total. The van der Waals surface area contributed by atoms with Crippen molar-refractivity contribution in [2.45, 2.75) is 36.6 Å². The van der Waals surface area contributed by atoms with Crippen molar-refractivity contribution >= 4 is 35.1 Å². The highest BCUT2D eigenvalue weighted by Gasteiger charge is 2.32. The van der Waals surface area contributed by atoms with Crippen molar-refractivity contribution < 1.29 is 18.0 Å². The molecule has 2 heterocycles. The molecule has 1 aliphatic rings. The van der Waals surface area contributed by atoms with Gasteiger partial charge in [0, 0.05) is 18.7 Å². The van der Waals surface area contributed by atoms with Gasteiger partial charge in [0.15, 0.2) is 11.0 Å². The Bertz CT molecular complexity index is 866. The molecule has 0 aliphatic heterocycles. The summed E-state index contributed by atoms with van der Waals surface area (Å²) in [4.78, 5) is 15.7. The van der Waals surface area contributed by atoms with E-state index in [0.717, 1.165) is 24.7 Å². The first-order valence-electron chi connectivity index (χ1n) is 7.99. The SMILES string of the molecule is C=CCn1c(SCC(=O)Nc2ncc(C(F)(F)F)cc2Cl)nnc1C1CC1. The molecule has 2 aromatic heterocycles. The van der Waals surface area contributed by atoms with E-state index in [-0.39, 0.29) is 16.6 Å². The first-order valence-corrected chi connectivity index (χ1v) is 9.35.